The summed E-state index contributed by atoms with van der Waals surface area (Å²) in [6.07, 6.45) is 0. The molecule has 0 bridgehead atoms. The average molecular weight is 517 g/mol. The van der Waals surface area contributed by atoms with Gasteiger partial charge in [0.05, 0.1) is 5.52 Å². The van der Waals surface area contributed by atoms with Crippen molar-refractivity contribution in [2.24, 2.45) is 0 Å². The summed E-state index contributed by atoms with van der Waals surface area (Å²) in [6.45, 7) is 0. The quantitative estimate of drug-likeness (QED) is 0.220. The number of rotatable bonds is 3. The van der Waals surface area contributed by atoms with Crippen molar-refractivity contribution in [1.82, 2.24) is 19.9 Å². The van der Waals surface area contributed by atoms with Crippen LogP contribution in [0, 0.1) is 0 Å². The molecule has 0 aliphatic carbocycles. The van der Waals surface area contributed by atoms with Gasteiger partial charge in [-0.2, -0.15) is 0 Å². The van der Waals surface area contributed by atoms with Crippen molar-refractivity contribution in [2.75, 3.05) is 0 Å². The highest BCUT2D eigenvalue weighted by atomic mass is 32.1. The van der Waals surface area contributed by atoms with E-state index in [1.54, 1.807) is 11.3 Å². The van der Waals surface area contributed by atoms with Crippen LogP contribution in [-0.4, -0.2) is 19.9 Å². The fraction of sp³-hybridized carbons (Fsp3) is 0. The Labute approximate surface area is 228 Å². The Kier molecular flexibility index (Phi) is 4.96. The molecule has 4 nitrogen and oxygen atoms in total. The van der Waals surface area contributed by atoms with E-state index >= 15 is 0 Å². The maximum atomic E-state index is 5.22. The molecule has 182 valence electrons. The lowest BCUT2D eigenvalue weighted by molar-refractivity contribution is 1.07. The van der Waals surface area contributed by atoms with Gasteiger partial charge in [0.2, 0.25) is 0 Å². The highest BCUT2D eigenvalue weighted by Gasteiger charge is 2.18. The van der Waals surface area contributed by atoms with Crippen LogP contribution in [0.4, 0.5) is 0 Å². The van der Waals surface area contributed by atoms with Gasteiger partial charge < -0.3 is 0 Å². The first-order valence-electron chi connectivity index (χ1n) is 12.8. The fourth-order valence-corrected chi connectivity index (χ4v) is 6.38. The molecule has 0 atom stereocenters. The molecular formula is C34H20N4S. The molecule has 5 aromatic carbocycles. The minimum Gasteiger partial charge on any atom is -0.244 e. The lowest BCUT2D eigenvalue weighted by atomic mass is 10.0. The molecule has 39 heavy (non-hydrogen) atoms. The van der Waals surface area contributed by atoms with E-state index in [4.69, 9.17) is 19.9 Å². The predicted molar refractivity (Wildman–Crippen MR) is 162 cm³/mol. The highest BCUT2D eigenvalue weighted by molar-refractivity contribution is 7.25. The number of pyridine rings is 1. The largest absolute Gasteiger partial charge is 0.244 e. The molecule has 0 fully saturated rings. The van der Waals surface area contributed by atoms with Crippen molar-refractivity contribution in [1.29, 1.82) is 0 Å². The molecular weight excluding hydrogens is 496 g/mol. The van der Waals surface area contributed by atoms with E-state index in [1.807, 2.05) is 60.7 Å². The van der Waals surface area contributed by atoms with E-state index < -0.39 is 0 Å². The topological polar surface area (TPSA) is 51.6 Å². The van der Waals surface area contributed by atoms with E-state index in [9.17, 15) is 0 Å². The Balaban J connectivity index is 1.44. The molecule has 3 aromatic heterocycles. The van der Waals surface area contributed by atoms with Gasteiger partial charge in [-0.25, -0.2) is 19.9 Å². The zero-order chi connectivity index (χ0) is 25.8. The van der Waals surface area contributed by atoms with Gasteiger partial charge in [0.1, 0.15) is 5.69 Å². The minimum atomic E-state index is 0.567. The van der Waals surface area contributed by atoms with Crippen molar-refractivity contribution in [3.05, 3.63) is 121 Å². The summed E-state index contributed by atoms with van der Waals surface area (Å²) in [6, 6.07) is 41.6. The highest BCUT2D eigenvalue weighted by Crippen LogP contribution is 2.39. The summed E-state index contributed by atoms with van der Waals surface area (Å²) >= 11 is 1.80. The summed E-state index contributed by atoms with van der Waals surface area (Å²) in [5.74, 6) is 1.83. The smallest absolute Gasteiger partial charge is 0.183 e. The van der Waals surface area contributed by atoms with Crippen molar-refractivity contribution < 1.29 is 0 Å². The van der Waals surface area contributed by atoms with Gasteiger partial charge in [-0.15, -0.1) is 11.3 Å². The third kappa shape index (κ3) is 3.67. The van der Waals surface area contributed by atoms with Gasteiger partial charge in [0.25, 0.3) is 0 Å². The normalized spacial score (nSPS) is 11.6. The Morgan fingerprint density at radius 1 is 0.385 bits per heavy atom. The van der Waals surface area contributed by atoms with Crippen LogP contribution in [0.1, 0.15) is 0 Å². The maximum Gasteiger partial charge on any atom is 0.183 e. The second kappa shape index (κ2) is 8.79. The Bertz CT molecular complexity index is 2110. The van der Waals surface area contributed by atoms with Crippen LogP contribution in [0.2, 0.25) is 0 Å². The van der Waals surface area contributed by atoms with Crippen LogP contribution < -0.4 is 0 Å². The number of benzene rings is 5. The second-order valence-corrected chi connectivity index (χ2v) is 10.6. The van der Waals surface area contributed by atoms with Crippen molar-refractivity contribution in [3.63, 3.8) is 0 Å². The van der Waals surface area contributed by atoms with Gasteiger partial charge in [0, 0.05) is 42.1 Å². The molecule has 0 aliphatic heterocycles. The number of nitrogens with zero attached hydrogens (tertiary/aromatic N) is 4. The molecule has 0 spiro atoms. The monoisotopic (exact) mass is 516 g/mol. The van der Waals surface area contributed by atoms with Gasteiger partial charge >= 0.3 is 0 Å². The van der Waals surface area contributed by atoms with Crippen molar-refractivity contribution in [2.45, 2.75) is 0 Å². The minimum absolute atomic E-state index is 0.567. The molecule has 8 rings (SSSR count). The standard InChI is InChI=1S/C34H20N4S/c1-3-11-21(12-4-1)32-36-33(22-13-5-2-6-14-22)38-34(37-32)31-25-17-8-7-15-23(25)26-19-27-24-16-9-10-18-29(24)39-30(27)20-28(26)35-31/h1-20H. The second-order valence-electron chi connectivity index (χ2n) is 9.51. The number of aromatic nitrogens is 4. The first-order chi connectivity index (χ1) is 19.3. The molecule has 8 aromatic rings. The Morgan fingerprint density at radius 3 is 1.64 bits per heavy atom. The van der Waals surface area contributed by atoms with Crippen LogP contribution in [0.15, 0.2) is 121 Å². The van der Waals surface area contributed by atoms with Crippen LogP contribution in [-0.2, 0) is 0 Å². The van der Waals surface area contributed by atoms with E-state index in [-0.39, 0.29) is 0 Å². The molecule has 3 heterocycles. The van der Waals surface area contributed by atoms with Crippen molar-refractivity contribution >= 4 is 53.2 Å². The Morgan fingerprint density at radius 2 is 0.949 bits per heavy atom. The molecule has 0 N–H and O–H groups in total. The first kappa shape index (κ1) is 22.0. The van der Waals surface area contributed by atoms with E-state index in [0.29, 0.717) is 17.5 Å². The van der Waals surface area contributed by atoms with E-state index in [1.165, 1.54) is 20.2 Å². The zero-order valence-electron chi connectivity index (χ0n) is 20.7. The van der Waals surface area contributed by atoms with Gasteiger partial charge in [0.15, 0.2) is 17.5 Å². The number of fused-ring (bicyclic) bond motifs is 6. The van der Waals surface area contributed by atoms with Crippen LogP contribution in [0.3, 0.4) is 0 Å². The van der Waals surface area contributed by atoms with Crippen molar-refractivity contribution in [3.8, 4) is 34.3 Å². The molecule has 0 radical (unpaired) electrons. The van der Waals surface area contributed by atoms with E-state index in [2.05, 4.69) is 60.7 Å². The summed E-state index contributed by atoms with van der Waals surface area (Å²) in [5.41, 5.74) is 3.58. The van der Waals surface area contributed by atoms with E-state index in [0.717, 1.165) is 38.5 Å². The molecule has 0 saturated heterocycles. The van der Waals surface area contributed by atoms with Gasteiger partial charge in [-0.05, 0) is 23.6 Å². The Hall–Kier alpha value is -5.00. The first-order valence-corrected chi connectivity index (χ1v) is 13.6. The van der Waals surface area contributed by atoms with Crippen LogP contribution >= 0.6 is 11.3 Å². The molecule has 0 saturated carbocycles. The molecule has 0 aliphatic rings. The summed E-state index contributed by atoms with van der Waals surface area (Å²) < 4.78 is 2.51. The number of hydrogen-bond acceptors (Lipinski definition) is 5. The van der Waals surface area contributed by atoms with Gasteiger partial charge in [-0.3, -0.25) is 0 Å². The average Bonchev–Trinajstić information content (AvgIpc) is 3.38. The zero-order valence-corrected chi connectivity index (χ0v) is 21.6. The lowest BCUT2D eigenvalue weighted by Crippen LogP contribution is -2.02. The summed E-state index contributed by atoms with van der Waals surface area (Å²) in [7, 11) is 0. The third-order valence-electron chi connectivity index (χ3n) is 7.11. The van der Waals surface area contributed by atoms with Gasteiger partial charge in [-0.1, -0.05) is 103 Å². The molecule has 5 heteroatoms. The number of thiophene rings is 1. The number of hydrogen-bond donors (Lipinski definition) is 0. The third-order valence-corrected chi connectivity index (χ3v) is 8.24. The maximum absolute atomic E-state index is 5.22. The molecule has 0 amide bonds. The van der Waals surface area contributed by atoms with Crippen LogP contribution in [0.5, 0.6) is 0 Å². The van der Waals surface area contributed by atoms with Crippen LogP contribution in [0.25, 0.3) is 76.1 Å². The summed E-state index contributed by atoms with van der Waals surface area (Å²) in [4.78, 5) is 20.0. The molecule has 0 unspecified atom stereocenters. The fourth-order valence-electron chi connectivity index (χ4n) is 5.26. The predicted octanol–water partition coefficient (Wildman–Crippen LogP) is 8.94. The lowest BCUT2D eigenvalue weighted by Gasteiger charge is -2.12. The summed E-state index contributed by atoms with van der Waals surface area (Å²) in [5, 5.41) is 5.84. The SMILES string of the molecule is c1ccc(-c2nc(-c3ccccc3)nc(-c3nc4cc5sc6ccccc6c5cc4c4ccccc34)n2)cc1.